The summed E-state index contributed by atoms with van der Waals surface area (Å²) in [4.78, 5) is 40.9. The molecule has 12 heteroatoms. The zero-order valence-electron chi connectivity index (χ0n) is 15.3. The summed E-state index contributed by atoms with van der Waals surface area (Å²) < 4.78 is 0. The van der Waals surface area contributed by atoms with Crippen LogP contribution in [0.1, 0.15) is 5.56 Å². The number of amides is 1. The monoisotopic (exact) mass is 409 g/mol. The van der Waals surface area contributed by atoms with E-state index >= 15 is 0 Å². The van der Waals surface area contributed by atoms with Crippen LogP contribution in [0.5, 0.6) is 0 Å². The average molecular weight is 409 g/mol. The van der Waals surface area contributed by atoms with Gasteiger partial charge in [0.05, 0.1) is 16.3 Å². The van der Waals surface area contributed by atoms with Gasteiger partial charge in [0.1, 0.15) is 6.33 Å². The molecule has 3 N–H and O–H groups in total. The summed E-state index contributed by atoms with van der Waals surface area (Å²) in [6, 6.07) is 14.4. The second-order valence-corrected chi connectivity index (χ2v) is 5.94. The SMILES string of the molecule is O=C(Cc1ccccc1)NNc1ncnc(Nc2cccc([N+](=O)[O-])c2)c1[N+](=O)[O-]. The number of hydrazine groups is 1. The topological polar surface area (TPSA) is 165 Å². The first kappa shape index (κ1) is 20.1. The minimum Gasteiger partial charge on any atom is -0.334 e. The minimum absolute atomic E-state index is 0.0610. The van der Waals surface area contributed by atoms with Crippen LogP contribution in [0.2, 0.25) is 0 Å². The van der Waals surface area contributed by atoms with Gasteiger partial charge in [-0.25, -0.2) is 9.97 Å². The van der Waals surface area contributed by atoms with Gasteiger partial charge in [0.2, 0.25) is 17.5 Å². The molecule has 12 nitrogen and oxygen atoms in total. The highest BCUT2D eigenvalue weighted by Crippen LogP contribution is 2.31. The van der Waals surface area contributed by atoms with Crippen LogP contribution in [0.4, 0.5) is 28.7 Å². The van der Waals surface area contributed by atoms with E-state index < -0.39 is 21.4 Å². The first-order valence-electron chi connectivity index (χ1n) is 8.53. The second-order valence-electron chi connectivity index (χ2n) is 5.94. The van der Waals surface area contributed by atoms with Gasteiger partial charge in [-0.05, 0) is 11.6 Å². The number of hydrogen-bond acceptors (Lipinski definition) is 9. The molecule has 1 aromatic heterocycles. The molecule has 3 aromatic rings. The largest absolute Gasteiger partial charge is 0.355 e. The van der Waals surface area contributed by atoms with Crippen LogP contribution in [0.15, 0.2) is 60.9 Å². The van der Waals surface area contributed by atoms with Crippen molar-refractivity contribution in [2.75, 3.05) is 10.7 Å². The van der Waals surface area contributed by atoms with Crippen LogP contribution in [-0.2, 0) is 11.2 Å². The van der Waals surface area contributed by atoms with Crippen molar-refractivity contribution in [3.05, 3.63) is 86.7 Å². The molecule has 2 aromatic carbocycles. The van der Waals surface area contributed by atoms with Gasteiger partial charge in [-0.3, -0.25) is 35.9 Å². The van der Waals surface area contributed by atoms with Crippen molar-refractivity contribution in [1.29, 1.82) is 0 Å². The van der Waals surface area contributed by atoms with Gasteiger partial charge in [-0.2, -0.15) is 0 Å². The summed E-state index contributed by atoms with van der Waals surface area (Å²) in [5.41, 5.74) is 5.05. The van der Waals surface area contributed by atoms with Gasteiger partial charge in [0, 0.05) is 17.8 Å². The van der Waals surface area contributed by atoms with Crippen LogP contribution in [0.3, 0.4) is 0 Å². The summed E-state index contributed by atoms with van der Waals surface area (Å²) in [7, 11) is 0. The molecule has 1 amide bonds. The van der Waals surface area contributed by atoms with Gasteiger partial charge in [-0.15, -0.1) is 0 Å². The number of hydrogen-bond donors (Lipinski definition) is 3. The number of carbonyl (C=O) groups is 1. The average Bonchev–Trinajstić information content (AvgIpc) is 2.73. The Morgan fingerprint density at radius 2 is 1.67 bits per heavy atom. The van der Waals surface area contributed by atoms with Crippen molar-refractivity contribution < 1.29 is 14.6 Å². The highest BCUT2D eigenvalue weighted by molar-refractivity contribution is 5.81. The molecule has 0 aliphatic carbocycles. The maximum atomic E-state index is 12.1. The molecule has 0 saturated carbocycles. The summed E-state index contributed by atoms with van der Waals surface area (Å²) in [6.45, 7) is 0. The summed E-state index contributed by atoms with van der Waals surface area (Å²) >= 11 is 0. The van der Waals surface area contributed by atoms with Crippen LogP contribution >= 0.6 is 0 Å². The van der Waals surface area contributed by atoms with E-state index in [0.29, 0.717) is 0 Å². The van der Waals surface area contributed by atoms with Crippen molar-refractivity contribution >= 4 is 34.6 Å². The number of aromatic nitrogens is 2. The highest BCUT2D eigenvalue weighted by atomic mass is 16.6. The van der Waals surface area contributed by atoms with Crippen molar-refractivity contribution in [3.63, 3.8) is 0 Å². The van der Waals surface area contributed by atoms with E-state index in [1.165, 1.54) is 24.3 Å². The van der Waals surface area contributed by atoms with E-state index in [-0.39, 0.29) is 29.4 Å². The number of nitrogens with one attached hydrogen (secondary N) is 3. The molecule has 0 atom stereocenters. The van der Waals surface area contributed by atoms with Gasteiger partial charge in [0.15, 0.2) is 0 Å². The van der Waals surface area contributed by atoms with Crippen molar-refractivity contribution in [2.24, 2.45) is 0 Å². The predicted octanol–water partition coefficient (Wildman–Crippen LogP) is 2.72. The van der Waals surface area contributed by atoms with E-state index in [1.807, 2.05) is 6.07 Å². The Labute approximate surface area is 169 Å². The number of nitrogens with zero attached hydrogens (tertiary/aromatic N) is 4. The smallest absolute Gasteiger partial charge is 0.334 e. The van der Waals surface area contributed by atoms with E-state index in [2.05, 4.69) is 26.1 Å². The molecule has 0 fully saturated rings. The van der Waals surface area contributed by atoms with Gasteiger partial charge in [-0.1, -0.05) is 36.4 Å². The van der Waals surface area contributed by atoms with Crippen molar-refractivity contribution in [2.45, 2.75) is 6.42 Å². The number of nitro benzene ring substituents is 1. The first-order chi connectivity index (χ1) is 14.4. The third-order valence-corrected chi connectivity index (χ3v) is 3.85. The number of anilines is 3. The number of benzene rings is 2. The van der Waals surface area contributed by atoms with E-state index in [1.54, 1.807) is 24.3 Å². The number of carbonyl (C=O) groups excluding carboxylic acids is 1. The maximum absolute atomic E-state index is 12.1. The second kappa shape index (κ2) is 9.05. The van der Waals surface area contributed by atoms with E-state index in [0.717, 1.165) is 11.9 Å². The molecule has 0 bridgehead atoms. The van der Waals surface area contributed by atoms with E-state index in [9.17, 15) is 25.0 Å². The Morgan fingerprint density at radius 1 is 0.933 bits per heavy atom. The summed E-state index contributed by atoms with van der Waals surface area (Å²) in [6.07, 6.45) is 1.11. The lowest BCUT2D eigenvalue weighted by atomic mass is 10.1. The molecule has 152 valence electrons. The normalized spacial score (nSPS) is 10.1. The van der Waals surface area contributed by atoms with Crippen molar-refractivity contribution in [1.82, 2.24) is 15.4 Å². The highest BCUT2D eigenvalue weighted by Gasteiger charge is 2.24. The van der Waals surface area contributed by atoms with Crippen LogP contribution in [0, 0.1) is 20.2 Å². The fourth-order valence-corrected chi connectivity index (χ4v) is 2.52. The molecular weight excluding hydrogens is 394 g/mol. The molecular formula is C18H15N7O5. The Kier molecular flexibility index (Phi) is 6.08. The standard InChI is InChI=1S/C18H15N7O5/c26-15(9-12-5-2-1-3-6-12)22-23-18-16(25(29)30)17(19-11-20-18)21-13-7-4-8-14(10-13)24(27)28/h1-8,10-11H,9H2,(H,22,26)(H2,19,20,21,23). The fraction of sp³-hybridized carbons (Fsp3) is 0.0556. The molecule has 3 rings (SSSR count). The lowest BCUT2D eigenvalue weighted by Crippen LogP contribution is -2.31. The summed E-state index contributed by atoms with van der Waals surface area (Å²) in [5, 5.41) is 25.1. The van der Waals surface area contributed by atoms with Crippen molar-refractivity contribution in [3.8, 4) is 0 Å². The first-order valence-corrected chi connectivity index (χ1v) is 8.53. The van der Waals surface area contributed by atoms with Gasteiger partial charge in [0.25, 0.3) is 5.69 Å². The van der Waals surface area contributed by atoms with Crippen LogP contribution in [-0.4, -0.2) is 25.7 Å². The van der Waals surface area contributed by atoms with Gasteiger partial charge < -0.3 is 5.32 Å². The molecule has 0 unspecified atom stereocenters. The third kappa shape index (κ3) is 5.01. The number of nitro groups is 2. The molecule has 0 spiro atoms. The quantitative estimate of drug-likeness (QED) is 0.374. The molecule has 1 heterocycles. The predicted molar refractivity (Wildman–Crippen MR) is 107 cm³/mol. The molecule has 0 radical (unpaired) electrons. The van der Waals surface area contributed by atoms with E-state index in [4.69, 9.17) is 0 Å². The third-order valence-electron chi connectivity index (χ3n) is 3.85. The minimum atomic E-state index is -0.731. The Morgan fingerprint density at radius 3 is 2.37 bits per heavy atom. The molecule has 0 aliphatic heterocycles. The zero-order valence-corrected chi connectivity index (χ0v) is 15.3. The van der Waals surface area contributed by atoms with Gasteiger partial charge >= 0.3 is 5.69 Å². The lowest BCUT2D eigenvalue weighted by molar-refractivity contribution is -0.384. The number of non-ortho nitro benzene ring substituents is 1. The number of rotatable bonds is 8. The lowest BCUT2D eigenvalue weighted by Gasteiger charge is -2.11. The molecule has 30 heavy (non-hydrogen) atoms. The fourth-order valence-electron chi connectivity index (χ4n) is 2.52. The zero-order chi connectivity index (χ0) is 21.5. The maximum Gasteiger partial charge on any atom is 0.355 e. The molecule has 0 saturated heterocycles. The van der Waals surface area contributed by atoms with Crippen LogP contribution in [0.25, 0.3) is 0 Å². The van der Waals surface area contributed by atoms with Crippen LogP contribution < -0.4 is 16.2 Å². The Bertz CT molecular complexity index is 1090. The summed E-state index contributed by atoms with van der Waals surface area (Å²) in [5.74, 6) is -0.873. The Hall–Kier alpha value is -4.61. The molecule has 0 aliphatic rings. The Balaban J connectivity index is 1.77.